The maximum Gasteiger partial charge on any atom is 0.0734 e. The topological polar surface area (TPSA) is 34.1 Å². The SMILES string of the molecule is c1ccc(C(NC2CC3CCC2O3)c2ccncc2)cc1. The first-order valence-corrected chi connectivity index (χ1v) is 7.76. The Morgan fingerprint density at radius 3 is 2.43 bits per heavy atom. The van der Waals surface area contributed by atoms with Crippen molar-refractivity contribution in [1.29, 1.82) is 0 Å². The van der Waals surface area contributed by atoms with Crippen LogP contribution in [0.25, 0.3) is 0 Å². The fourth-order valence-corrected chi connectivity index (χ4v) is 3.61. The van der Waals surface area contributed by atoms with Crippen LogP contribution in [0.1, 0.15) is 36.4 Å². The largest absolute Gasteiger partial charge is 0.373 e. The smallest absolute Gasteiger partial charge is 0.0734 e. The molecule has 4 atom stereocenters. The number of nitrogens with zero attached hydrogens (tertiary/aromatic N) is 1. The number of pyridine rings is 1. The van der Waals surface area contributed by atoms with Crippen LogP contribution < -0.4 is 5.32 Å². The Bertz CT molecular complexity index is 547. The van der Waals surface area contributed by atoms with E-state index in [-0.39, 0.29) is 6.04 Å². The highest BCUT2D eigenvalue weighted by Gasteiger charge is 2.41. The van der Waals surface area contributed by atoms with E-state index < -0.39 is 0 Å². The number of fused-ring (bicyclic) bond motifs is 2. The predicted octanol–water partition coefficient (Wildman–Crippen LogP) is 3.08. The van der Waals surface area contributed by atoms with Crippen molar-refractivity contribution in [2.24, 2.45) is 0 Å². The minimum atomic E-state index is 0.210. The molecular formula is C18H20N2O. The van der Waals surface area contributed by atoms with Crippen LogP contribution in [0, 0.1) is 0 Å². The fraction of sp³-hybridized carbons (Fsp3) is 0.389. The van der Waals surface area contributed by atoms with Crippen molar-refractivity contribution in [3.8, 4) is 0 Å². The molecule has 2 aromatic rings. The molecule has 3 nitrogen and oxygen atoms in total. The lowest BCUT2D eigenvalue weighted by molar-refractivity contribution is 0.0966. The monoisotopic (exact) mass is 280 g/mol. The third-order valence-electron chi connectivity index (χ3n) is 4.66. The van der Waals surface area contributed by atoms with Gasteiger partial charge in [-0.05, 0) is 42.5 Å². The van der Waals surface area contributed by atoms with E-state index in [2.05, 4.69) is 52.8 Å². The first-order valence-electron chi connectivity index (χ1n) is 7.76. The molecule has 0 amide bonds. The lowest BCUT2D eigenvalue weighted by atomic mass is 9.92. The molecule has 1 N–H and O–H groups in total. The number of ether oxygens (including phenoxy) is 1. The summed E-state index contributed by atoms with van der Waals surface area (Å²) in [5.74, 6) is 0. The highest BCUT2D eigenvalue weighted by Crippen LogP contribution is 2.36. The van der Waals surface area contributed by atoms with Gasteiger partial charge in [0.1, 0.15) is 0 Å². The molecule has 108 valence electrons. The number of nitrogens with one attached hydrogen (secondary N) is 1. The molecular weight excluding hydrogens is 260 g/mol. The van der Waals surface area contributed by atoms with Crippen LogP contribution in [0.5, 0.6) is 0 Å². The Labute approximate surface area is 125 Å². The number of benzene rings is 1. The first-order chi connectivity index (χ1) is 10.4. The summed E-state index contributed by atoms with van der Waals surface area (Å²) in [5, 5.41) is 3.83. The van der Waals surface area contributed by atoms with E-state index in [0.29, 0.717) is 18.2 Å². The molecule has 2 fully saturated rings. The van der Waals surface area contributed by atoms with Gasteiger partial charge in [-0.2, -0.15) is 0 Å². The van der Waals surface area contributed by atoms with Gasteiger partial charge in [0.25, 0.3) is 0 Å². The molecule has 2 saturated heterocycles. The molecule has 0 radical (unpaired) electrons. The van der Waals surface area contributed by atoms with Gasteiger partial charge < -0.3 is 10.1 Å². The third kappa shape index (κ3) is 2.59. The highest BCUT2D eigenvalue weighted by atomic mass is 16.5. The van der Waals surface area contributed by atoms with Crippen LogP contribution >= 0.6 is 0 Å². The van der Waals surface area contributed by atoms with Crippen molar-refractivity contribution < 1.29 is 4.74 Å². The standard InChI is InChI=1S/C18H20N2O/c1-2-4-13(5-3-1)18(14-8-10-19-11-9-14)20-16-12-15-6-7-17(16)21-15/h1-5,8-11,15-18,20H,6-7,12H2. The van der Waals surface area contributed by atoms with Crippen LogP contribution in [0.4, 0.5) is 0 Å². The van der Waals surface area contributed by atoms with E-state index in [0.717, 1.165) is 6.42 Å². The van der Waals surface area contributed by atoms with Gasteiger partial charge in [-0.1, -0.05) is 30.3 Å². The van der Waals surface area contributed by atoms with E-state index in [1.54, 1.807) is 0 Å². The zero-order valence-corrected chi connectivity index (χ0v) is 12.0. The Hall–Kier alpha value is -1.71. The Balaban J connectivity index is 1.61. The van der Waals surface area contributed by atoms with Gasteiger partial charge in [0, 0.05) is 18.4 Å². The second kappa shape index (κ2) is 5.58. The quantitative estimate of drug-likeness (QED) is 0.934. The van der Waals surface area contributed by atoms with Crippen molar-refractivity contribution in [1.82, 2.24) is 10.3 Å². The van der Waals surface area contributed by atoms with Gasteiger partial charge in [-0.3, -0.25) is 4.98 Å². The van der Waals surface area contributed by atoms with Crippen LogP contribution in [-0.2, 0) is 4.74 Å². The zero-order chi connectivity index (χ0) is 14.1. The lowest BCUT2D eigenvalue weighted by Gasteiger charge is -2.27. The van der Waals surface area contributed by atoms with Crippen LogP contribution in [0.2, 0.25) is 0 Å². The molecule has 0 spiro atoms. The normalized spacial score (nSPS) is 28.7. The molecule has 21 heavy (non-hydrogen) atoms. The van der Waals surface area contributed by atoms with Gasteiger partial charge in [-0.25, -0.2) is 0 Å². The summed E-state index contributed by atoms with van der Waals surface area (Å²) >= 11 is 0. The molecule has 2 bridgehead atoms. The Morgan fingerprint density at radius 2 is 1.76 bits per heavy atom. The Morgan fingerprint density at radius 1 is 1.00 bits per heavy atom. The summed E-state index contributed by atoms with van der Waals surface area (Å²) < 4.78 is 5.98. The summed E-state index contributed by atoms with van der Waals surface area (Å²) in [7, 11) is 0. The second-order valence-corrected chi connectivity index (χ2v) is 6.01. The summed E-state index contributed by atoms with van der Waals surface area (Å²) in [5.41, 5.74) is 2.56. The molecule has 4 unspecified atom stereocenters. The number of aromatic nitrogens is 1. The molecule has 2 aliphatic heterocycles. The summed E-state index contributed by atoms with van der Waals surface area (Å²) in [6.07, 6.45) is 8.16. The molecule has 0 saturated carbocycles. The van der Waals surface area contributed by atoms with Crippen LogP contribution in [0.3, 0.4) is 0 Å². The average molecular weight is 280 g/mol. The summed E-state index contributed by atoms with van der Waals surface area (Å²) in [4.78, 5) is 4.14. The van der Waals surface area contributed by atoms with E-state index >= 15 is 0 Å². The van der Waals surface area contributed by atoms with Gasteiger partial charge in [-0.15, -0.1) is 0 Å². The minimum Gasteiger partial charge on any atom is -0.373 e. The summed E-state index contributed by atoms with van der Waals surface area (Å²) in [6, 6.07) is 15.5. The zero-order valence-electron chi connectivity index (χ0n) is 12.0. The molecule has 1 aromatic carbocycles. The summed E-state index contributed by atoms with van der Waals surface area (Å²) in [6.45, 7) is 0. The number of hydrogen-bond donors (Lipinski definition) is 1. The minimum absolute atomic E-state index is 0.210. The molecule has 3 heteroatoms. The van der Waals surface area contributed by atoms with Crippen molar-refractivity contribution >= 4 is 0 Å². The molecule has 1 aromatic heterocycles. The number of hydrogen-bond acceptors (Lipinski definition) is 3. The predicted molar refractivity (Wildman–Crippen MR) is 82.0 cm³/mol. The Kier molecular flexibility index (Phi) is 3.45. The average Bonchev–Trinajstić information content (AvgIpc) is 3.17. The van der Waals surface area contributed by atoms with E-state index in [9.17, 15) is 0 Å². The maximum atomic E-state index is 5.98. The van der Waals surface area contributed by atoms with Crippen molar-refractivity contribution in [3.05, 3.63) is 66.0 Å². The van der Waals surface area contributed by atoms with Gasteiger partial charge >= 0.3 is 0 Å². The van der Waals surface area contributed by atoms with Crippen molar-refractivity contribution in [2.45, 2.75) is 43.6 Å². The van der Waals surface area contributed by atoms with Crippen LogP contribution in [-0.4, -0.2) is 23.2 Å². The van der Waals surface area contributed by atoms with Crippen molar-refractivity contribution in [2.75, 3.05) is 0 Å². The molecule has 2 aliphatic rings. The molecule has 4 rings (SSSR count). The maximum absolute atomic E-state index is 5.98. The second-order valence-electron chi connectivity index (χ2n) is 6.01. The molecule has 0 aliphatic carbocycles. The van der Waals surface area contributed by atoms with Gasteiger partial charge in [0.05, 0.1) is 18.2 Å². The first kappa shape index (κ1) is 13.0. The van der Waals surface area contributed by atoms with Crippen LogP contribution in [0.15, 0.2) is 54.9 Å². The highest BCUT2D eigenvalue weighted by molar-refractivity contribution is 5.30. The fourth-order valence-electron chi connectivity index (χ4n) is 3.61. The van der Waals surface area contributed by atoms with E-state index in [1.807, 2.05) is 12.4 Å². The number of rotatable bonds is 4. The lowest BCUT2D eigenvalue weighted by Crippen LogP contribution is -2.40. The van der Waals surface area contributed by atoms with E-state index in [1.165, 1.54) is 24.0 Å². The molecule has 3 heterocycles. The van der Waals surface area contributed by atoms with Gasteiger partial charge in [0.2, 0.25) is 0 Å². The van der Waals surface area contributed by atoms with E-state index in [4.69, 9.17) is 4.74 Å². The van der Waals surface area contributed by atoms with Gasteiger partial charge in [0.15, 0.2) is 0 Å². The third-order valence-corrected chi connectivity index (χ3v) is 4.66. The van der Waals surface area contributed by atoms with Crippen molar-refractivity contribution in [3.63, 3.8) is 0 Å².